The van der Waals surface area contributed by atoms with Crippen LogP contribution in [0.1, 0.15) is 31.7 Å². The van der Waals surface area contributed by atoms with Gasteiger partial charge in [0, 0.05) is 11.3 Å². The van der Waals surface area contributed by atoms with Crippen LogP contribution in [-0.4, -0.2) is 16.8 Å². The Morgan fingerprint density at radius 1 is 1.11 bits per heavy atom. The van der Waals surface area contributed by atoms with Crippen molar-refractivity contribution in [2.45, 2.75) is 31.1 Å². The van der Waals surface area contributed by atoms with Crippen LogP contribution in [0.2, 0.25) is 0 Å². The molecule has 2 nitrogen and oxygen atoms in total. The van der Waals surface area contributed by atoms with Crippen molar-refractivity contribution in [2.75, 3.05) is 5.75 Å². The number of rotatable bonds is 5. The van der Waals surface area contributed by atoms with E-state index in [9.17, 15) is 22.4 Å². The highest BCUT2D eigenvalue weighted by Gasteiger charge is 2.26. The van der Waals surface area contributed by atoms with E-state index in [0.29, 0.717) is 11.8 Å². The number of aliphatic carboxylic acids is 1. The minimum absolute atomic E-state index is 0.178. The molecule has 19 heavy (non-hydrogen) atoms. The van der Waals surface area contributed by atoms with Gasteiger partial charge in [-0.2, -0.15) is 0 Å². The molecule has 1 rings (SSSR count). The van der Waals surface area contributed by atoms with E-state index in [0.717, 1.165) is 0 Å². The van der Waals surface area contributed by atoms with Crippen LogP contribution in [0.3, 0.4) is 0 Å². The molecule has 0 atom stereocenters. The van der Waals surface area contributed by atoms with Gasteiger partial charge in [0.2, 0.25) is 0 Å². The minimum atomic E-state index is -1.47. The lowest BCUT2D eigenvalue weighted by Gasteiger charge is -2.13. The lowest BCUT2D eigenvalue weighted by atomic mass is 10.0. The van der Waals surface area contributed by atoms with Crippen LogP contribution in [0.25, 0.3) is 0 Å². The fourth-order valence-corrected chi connectivity index (χ4v) is 2.42. The Balaban J connectivity index is 3.17. The summed E-state index contributed by atoms with van der Waals surface area (Å²) in [4.78, 5) is 9.47. The summed E-state index contributed by atoms with van der Waals surface area (Å²) in [6.07, 6.45) is -0.362. The van der Waals surface area contributed by atoms with Gasteiger partial charge in [-0.3, -0.25) is 4.79 Å². The van der Waals surface area contributed by atoms with Crippen LogP contribution in [0.5, 0.6) is 0 Å². The number of carboxylic acid groups (broad SMARTS) is 1. The van der Waals surface area contributed by atoms with Crippen LogP contribution in [0.15, 0.2) is 4.90 Å². The largest absolute Gasteiger partial charge is 0.481 e. The Kier molecular flexibility index (Phi) is 5.22. The number of carbonyl (C=O) groups is 1. The monoisotopic (exact) mass is 296 g/mol. The second kappa shape index (κ2) is 6.27. The molecule has 1 N–H and O–H groups in total. The zero-order valence-corrected chi connectivity index (χ0v) is 11.1. The zero-order chi connectivity index (χ0) is 14.7. The lowest BCUT2D eigenvalue weighted by Crippen LogP contribution is -2.07. The highest BCUT2D eigenvalue weighted by atomic mass is 32.2. The fourth-order valence-electron chi connectivity index (χ4n) is 1.50. The minimum Gasteiger partial charge on any atom is -0.481 e. The molecule has 1 aromatic carbocycles. The van der Waals surface area contributed by atoms with Crippen LogP contribution in [0, 0.1) is 23.3 Å². The number of carboxylic acids is 1. The molecule has 0 unspecified atom stereocenters. The molecule has 0 aliphatic carbocycles. The van der Waals surface area contributed by atoms with Gasteiger partial charge in [0.15, 0.2) is 23.3 Å². The summed E-state index contributed by atoms with van der Waals surface area (Å²) in [6, 6.07) is 0. The van der Waals surface area contributed by atoms with Crippen LogP contribution in [-0.2, 0) is 4.79 Å². The van der Waals surface area contributed by atoms with Crippen LogP contribution in [0.4, 0.5) is 17.6 Å². The molecule has 0 fully saturated rings. The van der Waals surface area contributed by atoms with Crippen molar-refractivity contribution in [1.82, 2.24) is 0 Å². The quantitative estimate of drug-likeness (QED) is 0.508. The molecular formula is C12H12F4O2S. The van der Waals surface area contributed by atoms with E-state index < -0.39 is 45.6 Å². The molecular weight excluding hydrogens is 284 g/mol. The molecule has 0 radical (unpaired) electrons. The van der Waals surface area contributed by atoms with Gasteiger partial charge in [0.05, 0.1) is 11.3 Å². The van der Waals surface area contributed by atoms with E-state index in [1.54, 1.807) is 0 Å². The molecule has 0 aliphatic rings. The summed E-state index contributed by atoms with van der Waals surface area (Å²) in [6.45, 7) is 2.83. The lowest BCUT2D eigenvalue weighted by molar-refractivity contribution is -0.136. The molecule has 0 aromatic heterocycles. The summed E-state index contributed by atoms with van der Waals surface area (Å²) in [7, 11) is 0. The second-order valence-electron chi connectivity index (χ2n) is 4.15. The van der Waals surface area contributed by atoms with Crippen molar-refractivity contribution in [2.24, 2.45) is 0 Å². The number of thioether (sulfide) groups is 1. The van der Waals surface area contributed by atoms with Gasteiger partial charge < -0.3 is 5.11 Å². The standard InChI is InChI=1S/C12H12F4O2S/c1-5(2)7-8(13)10(15)12(11(16)9(7)14)19-4-3-6(17)18/h5H,3-4H2,1-2H3,(H,17,18). The third-order valence-electron chi connectivity index (χ3n) is 2.40. The maximum Gasteiger partial charge on any atom is 0.304 e. The first-order valence-electron chi connectivity index (χ1n) is 5.47. The average Bonchev–Trinajstić information content (AvgIpc) is 2.30. The van der Waals surface area contributed by atoms with Crippen molar-refractivity contribution in [1.29, 1.82) is 0 Å². The first-order chi connectivity index (χ1) is 8.77. The van der Waals surface area contributed by atoms with E-state index in [1.165, 1.54) is 13.8 Å². The summed E-state index contributed by atoms with van der Waals surface area (Å²) >= 11 is 0.440. The van der Waals surface area contributed by atoms with E-state index in [2.05, 4.69) is 0 Å². The molecule has 7 heteroatoms. The number of halogens is 4. The maximum atomic E-state index is 13.6. The molecule has 0 saturated carbocycles. The third kappa shape index (κ3) is 3.40. The van der Waals surface area contributed by atoms with E-state index >= 15 is 0 Å². The zero-order valence-electron chi connectivity index (χ0n) is 10.3. The molecule has 0 spiro atoms. The summed E-state index contributed by atoms with van der Waals surface area (Å²) < 4.78 is 54.5. The normalized spacial score (nSPS) is 11.1. The van der Waals surface area contributed by atoms with Gasteiger partial charge in [-0.1, -0.05) is 13.8 Å². The van der Waals surface area contributed by atoms with E-state index in [-0.39, 0.29) is 12.2 Å². The second-order valence-corrected chi connectivity index (χ2v) is 5.25. The van der Waals surface area contributed by atoms with Gasteiger partial charge in [0.25, 0.3) is 0 Å². The van der Waals surface area contributed by atoms with Crippen molar-refractivity contribution in [3.05, 3.63) is 28.8 Å². The smallest absolute Gasteiger partial charge is 0.304 e. The molecule has 0 bridgehead atoms. The first-order valence-corrected chi connectivity index (χ1v) is 6.46. The summed E-state index contributed by atoms with van der Waals surface area (Å²) in [5.74, 6) is -7.84. The molecule has 0 amide bonds. The molecule has 0 saturated heterocycles. The van der Waals surface area contributed by atoms with E-state index in [1.807, 2.05) is 0 Å². The van der Waals surface area contributed by atoms with Crippen LogP contribution < -0.4 is 0 Å². The predicted molar refractivity (Wildman–Crippen MR) is 63.3 cm³/mol. The van der Waals surface area contributed by atoms with Gasteiger partial charge in [-0.25, -0.2) is 17.6 Å². The molecule has 106 valence electrons. The molecule has 0 heterocycles. The van der Waals surface area contributed by atoms with Gasteiger partial charge in [0.1, 0.15) is 0 Å². The van der Waals surface area contributed by atoms with Gasteiger partial charge in [-0.05, 0) is 5.92 Å². The van der Waals surface area contributed by atoms with Crippen molar-refractivity contribution in [3.63, 3.8) is 0 Å². The molecule has 0 aliphatic heterocycles. The van der Waals surface area contributed by atoms with Gasteiger partial charge >= 0.3 is 5.97 Å². The Morgan fingerprint density at radius 3 is 1.95 bits per heavy atom. The summed E-state index contributed by atoms with van der Waals surface area (Å²) in [5, 5.41) is 8.41. The number of benzene rings is 1. The molecule has 1 aromatic rings. The first kappa shape index (κ1) is 15.8. The maximum absolute atomic E-state index is 13.6. The Hall–Kier alpha value is -1.24. The van der Waals surface area contributed by atoms with Crippen molar-refractivity contribution >= 4 is 17.7 Å². The highest BCUT2D eigenvalue weighted by Crippen LogP contribution is 2.34. The summed E-state index contributed by atoms with van der Waals surface area (Å²) in [5.41, 5.74) is -0.641. The topological polar surface area (TPSA) is 37.3 Å². The van der Waals surface area contributed by atoms with Crippen LogP contribution >= 0.6 is 11.8 Å². The number of hydrogen-bond donors (Lipinski definition) is 1. The SMILES string of the molecule is CC(C)c1c(F)c(F)c(SCCC(=O)O)c(F)c1F. The van der Waals surface area contributed by atoms with Gasteiger partial charge in [-0.15, -0.1) is 11.8 Å². The highest BCUT2D eigenvalue weighted by molar-refractivity contribution is 7.99. The van der Waals surface area contributed by atoms with E-state index in [4.69, 9.17) is 5.11 Å². The van der Waals surface area contributed by atoms with Crippen molar-refractivity contribution in [3.8, 4) is 0 Å². The third-order valence-corrected chi connectivity index (χ3v) is 3.45. The average molecular weight is 296 g/mol. The predicted octanol–water partition coefficient (Wildman–Crippen LogP) is 3.93. The fraction of sp³-hybridized carbons (Fsp3) is 0.417. The Morgan fingerprint density at radius 2 is 1.58 bits per heavy atom. The Labute approximate surface area is 111 Å². The Bertz CT molecular complexity index is 474. The van der Waals surface area contributed by atoms with Crippen molar-refractivity contribution < 1.29 is 27.5 Å². The number of hydrogen-bond acceptors (Lipinski definition) is 2.